The molecule has 0 aliphatic heterocycles. The molecule has 0 bridgehead atoms. The highest BCUT2D eigenvalue weighted by Crippen LogP contribution is 2.32. The minimum atomic E-state index is -2.54. The van der Waals surface area contributed by atoms with E-state index in [0.29, 0.717) is 10.6 Å². The lowest BCUT2D eigenvalue weighted by molar-refractivity contribution is 0.0565. The normalized spacial score (nSPS) is 22.1. The highest BCUT2D eigenvalue weighted by atomic mass is 19.3. The first-order valence-corrected chi connectivity index (χ1v) is 7.24. The molecule has 5 heteroatoms. The van der Waals surface area contributed by atoms with E-state index in [1.165, 1.54) is 6.20 Å². The molecule has 1 aliphatic carbocycles. The first-order valence-electron chi connectivity index (χ1n) is 7.24. The van der Waals surface area contributed by atoms with Gasteiger partial charge in [0.2, 0.25) is 0 Å². The van der Waals surface area contributed by atoms with E-state index < -0.39 is 6.55 Å². The molecule has 3 nitrogen and oxygen atoms in total. The zero-order valence-corrected chi connectivity index (χ0v) is 12.4. The van der Waals surface area contributed by atoms with Gasteiger partial charge in [-0.1, -0.05) is 27.7 Å². The van der Waals surface area contributed by atoms with Crippen LogP contribution < -0.4 is 5.73 Å². The molecular formula is C14H27F2N3. The Morgan fingerprint density at radius 2 is 1.68 bits per heavy atom. The summed E-state index contributed by atoms with van der Waals surface area (Å²) < 4.78 is 25.3. The summed E-state index contributed by atoms with van der Waals surface area (Å²) in [5.74, 6) is 0.359. The number of halogens is 2. The van der Waals surface area contributed by atoms with Gasteiger partial charge < -0.3 is 5.73 Å². The lowest BCUT2D eigenvalue weighted by Gasteiger charge is -2.25. The SMILES string of the molecule is CC.CC.NC1CCC(c2cnn(C(F)F)c2)CC1. The predicted octanol–water partition coefficient (Wildman–Crippen LogP) is 4.32. The van der Waals surface area contributed by atoms with Gasteiger partial charge in [-0.25, -0.2) is 4.68 Å². The van der Waals surface area contributed by atoms with Gasteiger partial charge in [-0.15, -0.1) is 0 Å². The zero-order valence-electron chi connectivity index (χ0n) is 12.4. The van der Waals surface area contributed by atoms with Gasteiger partial charge in [-0.2, -0.15) is 13.9 Å². The maximum Gasteiger partial charge on any atom is 0.333 e. The van der Waals surface area contributed by atoms with Crippen molar-refractivity contribution >= 4 is 0 Å². The Bertz CT molecular complexity index is 318. The Labute approximate surface area is 115 Å². The van der Waals surface area contributed by atoms with Gasteiger partial charge in [0.05, 0.1) is 6.20 Å². The molecule has 0 amide bonds. The van der Waals surface area contributed by atoms with Gasteiger partial charge in [0.15, 0.2) is 0 Å². The molecule has 1 aliphatic rings. The zero-order chi connectivity index (χ0) is 14.8. The monoisotopic (exact) mass is 275 g/mol. The van der Waals surface area contributed by atoms with E-state index >= 15 is 0 Å². The molecule has 1 fully saturated rings. The van der Waals surface area contributed by atoms with Gasteiger partial charge in [-0.05, 0) is 37.2 Å². The number of hydrogen-bond acceptors (Lipinski definition) is 2. The molecule has 0 aromatic carbocycles. The molecule has 1 aromatic heterocycles. The quantitative estimate of drug-likeness (QED) is 0.873. The standard InChI is InChI=1S/C10H15F2N3.2C2H6/c11-10(12)15-6-8(5-14-15)7-1-3-9(13)4-2-7;2*1-2/h5-7,9-10H,1-4,13H2;2*1-2H3. The van der Waals surface area contributed by atoms with Gasteiger partial charge in [-0.3, -0.25) is 0 Å². The number of aromatic nitrogens is 2. The second-order valence-electron chi connectivity index (χ2n) is 4.14. The fraction of sp³-hybridized carbons (Fsp3) is 0.786. The van der Waals surface area contributed by atoms with Crippen molar-refractivity contribution in [1.82, 2.24) is 9.78 Å². The second-order valence-corrected chi connectivity index (χ2v) is 4.14. The van der Waals surface area contributed by atoms with E-state index in [1.807, 2.05) is 27.7 Å². The van der Waals surface area contributed by atoms with Crippen molar-refractivity contribution in [2.75, 3.05) is 0 Å². The summed E-state index contributed by atoms with van der Waals surface area (Å²) in [5.41, 5.74) is 6.71. The molecule has 0 saturated heterocycles. The first-order chi connectivity index (χ1) is 9.16. The molecule has 1 aromatic rings. The summed E-state index contributed by atoms with van der Waals surface area (Å²) >= 11 is 0. The van der Waals surface area contributed by atoms with Crippen LogP contribution >= 0.6 is 0 Å². The topological polar surface area (TPSA) is 43.8 Å². The van der Waals surface area contributed by atoms with Crippen molar-refractivity contribution in [2.45, 2.75) is 71.9 Å². The van der Waals surface area contributed by atoms with Crippen LogP contribution in [0.2, 0.25) is 0 Å². The van der Waals surface area contributed by atoms with Gasteiger partial charge in [0, 0.05) is 12.2 Å². The number of nitrogens with zero attached hydrogens (tertiary/aromatic N) is 2. The van der Waals surface area contributed by atoms with Crippen molar-refractivity contribution in [1.29, 1.82) is 0 Å². The summed E-state index contributed by atoms with van der Waals surface area (Å²) in [5, 5.41) is 3.65. The fourth-order valence-electron chi connectivity index (χ4n) is 2.12. The van der Waals surface area contributed by atoms with E-state index in [-0.39, 0.29) is 6.04 Å². The van der Waals surface area contributed by atoms with Crippen molar-refractivity contribution in [3.8, 4) is 0 Å². The van der Waals surface area contributed by atoms with E-state index in [2.05, 4.69) is 5.10 Å². The molecule has 2 rings (SSSR count). The minimum absolute atomic E-state index is 0.284. The molecular weight excluding hydrogens is 248 g/mol. The number of hydrogen-bond donors (Lipinski definition) is 1. The summed E-state index contributed by atoms with van der Waals surface area (Å²) in [6, 6.07) is 0.284. The Balaban J connectivity index is 0.000000741. The van der Waals surface area contributed by atoms with E-state index in [1.54, 1.807) is 6.20 Å². The summed E-state index contributed by atoms with van der Waals surface area (Å²) in [6.07, 6.45) is 6.92. The molecule has 0 radical (unpaired) electrons. The number of rotatable bonds is 2. The minimum Gasteiger partial charge on any atom is -0.328 e. The maximum absolute atomic E-state index is 12.3. The van der Waals surface area contributed by atoms with Crippen molar-refractivity contribution in [3.05, 3.63) is 18.0 Å². The summed E-state index contributed by atoms with van der Waals surface area (Å²) in [6.45, 7) is 5.46. The smallest absolute Gasteiger partial charge is 0.328 e. The maximum atomic E-state index is 12.3. The molecule has 0 atom stereocenters. The van der Waals surface area contributed by atoms with Crippen LogP contribution in [0.3, 0.4) is 0 Å². The largest absolute Gasteiger partial charge is 0.333 e. The average Bonchev–Trinajstić information content (AvgIpc) is 2.94. The molecule has 2 N–H and O–H groups in total. The lowest BCUT2D eigenvalue weighted by atomic mass is 9.83. The van der Waals surface area contributed by atoms with Crippen LogP contribution in [-0.2, 0) is 0 Å². The number of nitrogens with two attached hydrogens (primary N) is 1. The van der Waals surface area contributed by atoms with Crippen LogP contribution in [-0.4, -0.2) is 15.8 Å². The second kappa shape index (κ2) is 9.89. The average molecular weight is 275 g/mol. The molecule has 0 spiro atoms. The van der Waals surface area contributed by atoms with Crippen molar-refractivity contribution in [2.24, 2.45) is 5.73 Å². The van der Waals surface area contributed by atoms with Crippen LogP contribution in [0.25, 0.3) is 0 Å². The highest BCUT2D eigenvalue weighted by Gasteiger charge is 2.21. The van der Waals surface area contributed by atoms with E-state index in [4.69, 9.17) is 5.73 Å². The van der Waals surface area contributed by atoms with Crippen LogP contribution in [0.1, 0.15) is 71.4 Å². The third-order valence-electron chi connectivity index (χ3n) is 3.06. The molecule has 0 unspecified atom stereocenters. The summed E-state index contributed by atoms with van der Waals surface area (Å²) in [4.78, 5) is 0. The van der Waals surface area contributed by atoms with Crippen LogP contribution in [0.15, 0.2) is 12.4 Å². The van der Waals surface area contributed by atoms with E-state index in [9.17, 15) is 8.78 Å². The van der Waals surface area contributed by atoms with Crippen molar-refractivity contribution in [3.63, 3.8) is 0 Å². The van der Waals surface area contributed by atoms with Crippen LogP contribution in [0.5, 0.6) is 0 Å². The fourth-order valence-corrected chi connectivity index (χ4v) is 2.12. The molecule has 1 saturated carbocycles. The Morgan fingerprint density at radius 3 is 2.11 bits per heavy atom. The van der Waals surface area contributed by atoms with Gasteiger partial charge >= 0.3 is 6.55 Å². The van der Waals surface area contributed by atoms with Gasteiger partial charge in [0.1, 0.15) is 0 Å². The van der Waals surface area contributed by atoms with Crippen LogP contribution in [0, 0.1) is 0 Å². The number of alkyl halides is 2. The Hall–Kier alpha value is -0.970. The van der Waals surface area contributed by atoms with Gasteiger partial charge in [0.25, 0.3) is 0 Å². The third-order valence-corrected chi connectivity index (χ3v) is 3.06. The highest BCUT2D eigenvalue weighted by molar-refractivity contribution is 5.12. The van der Waals surface area contributed by atoms with E-state index in [0.717, 1.165) is 31.2 Å². The summed E-state index contributed by atoms with van der Waals surface area (Å²) in [7, 11) is 0. The predicted molar refractivity (Wildman–Crippen MR) is 75.4 cm³/mol. The third kappa shape index (κ3) is 5.68. The molecule has 1 heterocycles. The Kier molecular flexibility index (Phi) is 9.39. The van der Waals surface area contributed by atoms with Crippen molar-refractivity contribution < 1.29 is 8.78 Å². The molecule has 112 valence electrons. The first kappa shape index (κ1) is 18.0. The van der Waals surface area contributed by atoms with Crippen LogP contribution in [0.4, 0.5) is 8.78 Å². The molecule has 19 heavy (non-hydrogen) atoms. The lowest BCUT2D eigenvalue weighted by Crippen LogP contribution is -2.25. The Morgan fingerprint density at radius 1 is 1.16 bits per heavy atom.